The largest absolute Gasteiger partial charge is 0.322 e. The van der Waals surface area contributed by atoms with Gasteiger partial charge in [-0.3, -0.25) is 9.10 Å². The number of hydrogen-bond acceptors (Lipinski definition) is 3. The maximum Gasteiger partial charge on any atom is 0.255 e. The van der Waals surface area contributed by atoms with Crippen LogP contribution in [0.5, 0.6) is 0 Å². The molecule has 0 radical (unpaired) electrons. The van der Waals surface area contributed by atoms with Crippen LogP contribution in [0.3, 0.4) is 0 Å². The van der Waals surface area contributed by atoms with Crippen molar-refractivity contribution in [1.29, 1.82) is 0 Å². The molecule has 0 unspecified atom stereocenters. The summed E-state index contributed by atoms with van der Waals surface area (Å²) in [5.74, 6) is -0.226. The number of carbonyl (C=O) groups is 1. The third kappa shape index (κ3) is 3.90. The summed E-state index contributed by atoms with van der Waals surface area (Å²) in [7, 11) is -1.84. The van der Waals surface area contributed by atoms with Crippen LogP contribution in [-0.2, 0) is 10.0 Å². The van der Waals surface area contributed by atoms with Crippen molar-refractivity contribution >= 4 is 27.3 Å². The number of hydrogen-bond donors (Lipinski definition) is 1. The van der Waals surface area contributed by atoms with E-state index in [2.05, 4.69) is 5.32 Å². The molecule has 1 amide bonds. The lowest BCUT2D eigenvalue weighted by molar-refractivity contribution is 0.102. The molecule has 2 aromatic carbocycles. The fraction of sp³-hybridized carbons (Fsp3) is 0.235. The summed E-state index contributed by atoms with van der Waals surface area (Å²) >= 11 is 0. The summed E-state index contributed by atoms with van der Waals surface area (Å²) < 4.78 is 24.5. The van der Waals surface area contributed by atoms with Crippen LogP contribution < -0.4 is 9.62 Å². The third-order valence-electron chi connectivity index (χ3n) is 3.69. The SMILES string of the molecule is Cc1ccccc1NC(=O)c1ccc(N(C)S(C)(=O)=O)c(C)c1. The number of anilines is 2. The van der Waals surface area contributed by atoms with Crippen molar-refractivity contribution < 1.29 is 13.2 Å². The van der Waals surface area contributed by atoms with Crippen molar-refractivity contribution in [2.45, 2.75) is 13.8 Å². The molecule has 5 nitrogen and oxygen atoms in total. The predicted octanol–water partition coefficient (Wildman–Crippen LogP) is 2.95. The van der Waals surface area contributed by atoms with Crippen LogP contribution in [0.4, 0.5) is 11.4 Å². The van der Waals surface area contributed by atoms with Crippen molar-refractivity contribution in [2.75, 3.05) is 22.9 Å². The van der Waals surface area contributed by atoms with Gasteiger partial charge in [-0.1, -0.05) is 18.2 Å². The number of amides is 1. The highest BCUT2D eigenvalue weighted by molar-refractivity contribution is 7.92. The molecule has 2 aromatic rings. The highest BCUT2D eigenvalue weighted by Gasteiger charge is 2.16. The minimum Gasteiger partial charge on any atom is -0.322 e. The van der Waals surface area contributed by atoms with Gasteiger partial charge in [-0.05, 0) is 49.2 Å². The lowest BCUT2D eigenvalue weighted by atomic mass is 10.1. The average Bonchev–Trinajstić information content (AvgIpc) is 2.48. The summed E-state index contributed by atoms with van der Waals surface area (Å²) in [5.41, 5.74) is 3.49. The molecule has 0 fully saturated rings. The molecule has 0 bridgehead atoms. The van der Waals surface area contributed by atoms with E-state index in [1.807, 2.05) is 31.2 Å². The monoisotopic (exact) mass is 332 g/mol. The molecule has 0 heterocycles. The van der Waals surface area contributed by atoms with Gasteiger partial charge in [0.2, 0.25) is 10.0 Å². The first kappa shape index (κ1) is 17.0. The molecule has 122 valence electrons. The molecular weight excluding hydrogens is 312 g/mol. The van der Waals surface area contributed by atoms with E-state index in [-0.39, 0.29) is 5.91 Å². The molecule has 0 atom stereocenters. The Morgan fingerprint density at radius 3 is 2.26 bits per heavy atom. The van der Waals surface area contributed by atoms with Gasteiger partial charge in [0.05, 0.1) is 11.9 Å². The number of carbonyl (C=O) groups excluding carboxylic acids is 1. The van der Waals surface area contributed by atoms with Gasteiger partial charge < -0.3 is 5.32 Å². The van der Waals surface area contributed by atoms with Gasteiger partial charge in [0.15, 0.2) is 0 Å². The second-order valence-electron chi connectivity index (χ2n) is 5.50. The zero-order valence-corrected chi connectivity index (χ0v) is 14.4. The first-order valence-electron chi connectivity index (χ1n) is 7.11. The van der Waals surface area contributed by atoms with E-state index in [9.17, 15) is 13.2 Å². The summed E-state index contributed by atoms with van der Waals surface area (Å²) in [6.45, 7) is 3.70. The standard InChI is InChI=1S/C17H20N2O3S/c1-12-7-5-6-8-15(12)18-17(20)14-9-10-16(13(2)11-14)19(3)23(4,21)22/h5-11H,1-4H3,(H,18,20). The third-order valence-corrected chi connectivity index (χ3v) is 4.88. The summed E-state index contributed by atoms with van der Waals surface area (Å²) in [6, 6.07) is 12.5. The molecule has 0 aromatic heterocycles. The van der Waals surface area contributed by atoms with Crippen molar-refractivity contribution in [3.63, 3.8) is 0 Å². The zero-order valence-electron chi connectivity index (χ0n) is 13.6. The van der Waals surface area contributed by atoms with Crippen LogP contribution in [-0.4, -0.2) is 27.6 Å². The molecule has 6 heteroatoms. The number of para-hydroxylation sites is 1. The van der Waals surface area contributed by atoms with Crippen LogP contribution >= 0.6 is 0 Å². The molecule has 0 aliphatic heterocycles. The smallest absolute Gasteiger partial charge is 0.255 e. The fourth-order valence-corrected chi connectivity index (χ4v) is 2.80. The number of nitrogens with zero attached hydrogens (tertiary/aromatic N) is 1. The highest BCUT2D eigenvalue weighted by Crippen LogP contribution is 2.23. The molecule has 0 aliphatic rings. The lowest BCUT2D eigenvalue weighted by Gasteiger charge is -2.19. The van der Waals surface area contributed by atoms with Crippen LogP contribution in [0.25, 0.3) is 0 Å². The van der Waals surface area contributed by atoms with Gasteiger partial charge in [0, 0.05) is 18.3 Å². The van der Waals surface area contributed by atoms with E-state index in [0.29, 0.717) is 11.3 Å². The van der Waals surface area contributed by atoms with Crippen molar-refractivity contribution in [3.8, 4) is 0 Å². The number of benzene rings is 2. The summed E-state index contributed by atoms with van der Waals surface area (Å²) in [6.07, 6.45) is 1.14. The van der Waals surface area contributed by atoms with Crippen LogP contribution in [0.15, 0.2) is 42.5 Å². The number of nitrogens with one attached hydrogen (secondary N) is 1. The molecule has 2 rings (SSSR count). The highest BCUT2D eigenvalue weighted by atomic mass is 32.2. The normalized spacial score (nSPS) is 11.1. The Morgan fingerprint density at radius 1 is 1.04 bits per heavy atom. The molecule has 0 aliphatic carbocycles. The maximum atomic E-state index is 12.4. The van der Waals surface area contributed by atoms with Crippen LogP contribution in [0.2, 0.25) is 0 Å². The Kier molecular flexibility index (Phi) is 4.75. The second-order valence-corrected chi connectivity index (χ2v) is 7.51. The van der Waals surface area contributed by atoms with Crippen molar-refractivity contribution in [3.05, 3.63) is 59.2 Å². The van der Waals surface area contributed by atoms with Crippen LogP contribution in [0.1, 0.15) is 21.5 Å². The second kappa shape index (κ2) is 6.42. The molecule has 1 N–H and O–H groups in total. The molecule has 0 saturated heterocycles. The van der Waals surface area contributed by atoms with Gasteiger partial charge in [-0.2, -0.15) is 0 Å². The topological polar surface area (TPSA) is 66.5 Å². The summed E-state index contributed by atoms with van der Waals surface area (Å²) in [5, 5.41) is 2.86. The minimum absolute atomic E-state index is 0.226. The molecular formula is C17H20N2O3S. The van der Waals surface area contributed by atoms with E-state index in [1.165, 1.54) is 11.4 Å². The van der Waals surface area contributed by atoms with Crippen molar-refractivity contribution in [2.24, 2.45) is 0 Å². The molecule has 0 saturated carbocycles. The Bertz CT molecular complexity index is 845. The molecule has 0 spiro atoms. The zero-order chi connectivity index (χ0) is 17.2. The minimum atomic E-state index is -3.33. The Hall–Kier alpha value is -2.34. The lowest BCUT2D eigenvalue weighted by Crippen LogP contribution is -2.25. The number of aryl methyl sites for hydroxylation is 2. The summed E-state index contributed by atoms with van der Waals surface area (Å²) in [4.78, 5) is 12.4. The van der Waals surface area contributed by atoms with E-state index in [1.54, 1.807) is 25.1 Å². The van der Waals surface area contributed by atoms with Crippen molar-refractivity contribution in [1.82, 2.24) is 0 Å². The fourth-order valence-electron chi connectivity index (χ4n) is 2.24. The first-order valence-corrected chi connectivity index (χ1v) is 8.96. The first-order chi connectivity index (χ1) is 10.7. The predicted molar refractivity (Wildman–Crippen MR) is 93.6 cm³/mol. The number of sulfonamides is 1. The van der Waals surface area contributed by atoms with Gasteiger partial charge in [0.1, 0.15) is 0 Å². The number of rotatable bonds is 4. The van der Waals surface area contributed by atoms with Gasteiger partial charge in [0.25, 0.3) is 5.91 Å². The Labute approximate surface area is 137 Å². The van der Waals surface area contributed by atoms with E-state index < -0.39 is 10.0 Å². The maximum absolute atomic E-state index is 12.4. The van der Waals surface area contributed by atoms with E-state index in [0.717, 1.165) is 23.1 Å². The molecule has 23 heavy (non-hydrogen) atoms. The van der Waals surface area contributed by atoms with Crippen LogP contribution in [0, 0.1) is 13.8 Å². The van der Waals surface area contributed by atoms with E-state index in [4.69, 9.17) is 0 Å². The Balaban J connectivity index is 2.27. The Morgan fingerprint density at radius 2 is 1.70 bits per heavy atom. The van der Waals surface area contributed by atoms with Gasteiger partial charge in [-0.15, -0.1) is 0 Å². The van der Waals surface area contributed by atoms with Gasteiger partial charge >= 0.3 is 0 Å². The quantitative estimate of drug-likeness (QED) is 0.936. The van der Waals surface area contributed by atoms with Gasteiger partial charge in [-0.25, -0.2) is 8.42 Å². The van der Waals surface area contributed by atoms with E-state index >= 15 is 0 Å². The average molecular weight is 332 g/mol.